The van der Waals surface area contributed by atoms with E-state index in [0.29, 0.717) is 11.5 Å². The van der Waals surface area contributed by atoms with Gasteiger partial charge in [-0.1, -0.05) is 57.8 Å². The molecule has 2 N–H and O–H groups in total. The molecule has 5 saturated carbocycles. The van der Waals surface area contributed by atoms with Crippen LogP contribution in [0.1, 0.15) is 116 Å². The van der Waals surface area contributed by atoms with Gasteiger partial charge in [0.05, 0.1) is 0 Å². The molecule has 0 saturated heterocycles. The van der Waals surface area contributed by atoms with Gasteiger partial charge in [0.2, 0.25) is 0 Å². The van der Waals surface area contributed by atoms with Gasteiger partial charge in [0.1, 0.15) is 11.6 Å². The van der Waals surface area contributed by atoms with E-state index in [1.165, 1.54) is 96.3 Å². The molecule has 5 aliphatic rings. The SMILES string of the molecule is CC(N/C=C(/C#N)C(=O)NC1CCCCCCCCCCC1)C12CC3CC(CC(C3)C1)C2. The minimum absolute atomic E-state index is 0.185. The molecule has 4 heteroatoms. The van der Waals surface area contributed by atoms with Crippen molar-refractivity contribution in [3.05, 3.63) is 11.8 Å². The Hall–Kier alpha value is -1.50. The summed E-state index contributed by atoms with van der Waals surface area (Å²) in [6.07, 6.45) is 23.7. The summed E-state index contributed by atoms with van der Waals surface area (Å²) in [4.78, 5) is 12.9. The van der Waals surface area contributed by atoms with E-state index in [2.05, 4.69) is 23.6 Å². The van der Waals surface area contributed by atoms with Crippen LogP contribution in [0.2, 0.25) is 0 Å². The Kier molecular flexibility index (Phi) is 8.19. The Morgan fingerprint density at radius 3 is 1.81 bits per heavy atom. The molecule has 32 heavy (non-hydrogen) atoms. The molecule has 5 aliphatic carbocycles. The van der Waals surface area contributed by atoms with E-state index in [1.807, 2.05) is 0 Å². The van der Waals surface area contributed by atoms with Crippen molar-refractivity contribution in [2.75, 3.05) is 0 Å². The van der Waals surface area contributed by atoms with Crippen molar-refractivity contribution in [1.29, 1.82) is 5.26 Å². The molecule has 0 aliphatic heterocycles. The van der Waals surface area contributed by atoms with Crippen molar-refractivity contribution >= 4 is 5.91 Å². The Morgan fingerprint density at radius 2 is 1.34 bits per heavy atom. The van der Waals surface area contributed by atoms with E-state index in [1.54, 1.807) is 6.20 Å². The van der Waals surface area contributed by atoms with Gasteiger partial charge >= 0.3 is 0 Å². The first-order chi connectivity index (χ1) is 15.6. The lowest BCUT2D eigenvalue weighted by Crippen LogP contribution is -2.54. The zero-order valence-corrected chi connectivity index (χ0v) is 20.3. The van der Waals surface area contributed by atoms with Crippen LogP contribution in [0.3, 0.4) is 0 Å². The quantitative estimate of drug-likeness (QED) is 0.386. The van der Waals surface area contributed by atoms with E-state index in [9.17, 15) is 10.1 Å². The molecule has 0 heterocycles. The summed E-state index contributed by atoms with van der Waals surface area (Å²) in [6.45, 7) is 2.28. The zero-order chi connectivity index (χ0) is 22.4. The fraction of sp³-hybridized carbons (Fsp3) is 0.857. The third-order valence-electron chi connectivity index (χ3n) is 9.29. The van der Waals surface area contributed by atoms with Gasteiger partial charge in [-0.05, 0) is 81.5 Å². The van der Waals surface area contributed by atoms with E-state index < -0.39 is 0 Å². The van der Waals surface area contributed by atoms with Gasteiger partial charge in [-0.2, -0.15) is 5.26 Å². The molecule has 1 atom stereocenters. The van der Waals surface area contributed by atoms with Crippen molar-refractivity contribution in [3.8, 4) is 6.07 Å². The summed E-state index contributed by atoms with van der Waals surface area (Å²) in [6, 6.07) is 2.71. The second kappa shape index (κ2) is 11.1. The molecule has 0 aromatic carbocycles. The molecule has 0 spiro atoms. The predicted molar refractivity (Wildman–Crippen MR) is 130 cm³/mol. The van der Waals surface area contributed by atoms with Crippen LogP contribution in [0.4, 0.5) is 0 Å². The molecule has 0 radical (unpaired) electrons. The number of nitrogens with zero attached hydrogens (tertiary/aromatic N) is 1. The highest BCUT2D eigenvalue weighted by atomic mass is 16.1. The molecular formula is C28H45N3O. The highest BCUT2D eigenvalue weighted by molar-refractivity contribution is 5.97. The highest BCUT2D eigenvalue weighted by Crippen LogP contribution is 2.61. The smallest absolute Gasteiger partial charge is 0.263 e. The second-order valence-electron chi connectivity index (χ2n) is 11.8. The van der Waals surface area contributed by atoms with Crippen molar-refractivity contribution < 1.29 is 4.79 Å². The van der Waals surface area contributed by atoms with Crippen LogP contribution < -0.4 is 10.6 Å². The first kappa shape index (κ1) is 23.7. The van der Waals surface area contributed by atoms with Gasteiger partial charge in [0.25, 0.3) is 5.91 Å². The molecular weight excluding hydrogens is 394 g/mol. The van der Waals surface area contributed by atoms with Gasteiger partial charge in [-0.3, -0.25) is 4.79 Å². The topological polar surface area (TPSA) is 64.9 Å². The molecule has 0 aromatic heterocycles. The first-order valence-corrected chi connectivity index (χ1v) is 13.7. The van der Waals surface area contributed by atoms with Gasteiger partial charge in [-0.25, -0.2) is 0 Å². The lowest BCUT2D eigenvalue weighted by atomic mass is 9.48. The summed E-state index contributed by atoms with van der Waals surface area (Å²) in [5, 5.41) is 16.4. The molecule has 1 unspecified atom stereocenters. The van der Waals surface area contributed by atoms with E-state index in [4.69, 9.17) is 0 Å². The largest absolute Gasteiger partial charge is 0.387 e. The summed E-state index contributed by atoms with van der Waals surface area (Å²) in [5.41, 5.74) is 0.614. The fourth-order valence-electron chi connectivity index (χ4n) is 7.81. The van der Waals surface area contributed by atoms with E-state index >= 15 is 0 Å². The van der Waals surface area contributed by atoms with E-state index in [-0.39, 0.29) is 17.5 Å². The fourth-order valence-corrected chi connectivity index (χ4v) is 7.81. The molecule has 4 bridgehead atoms. The average molecular weight is 440 g/mol. The predicted octanol–water partition coefficient (Wildman–Crippen LogP) is 6.38. The van der Waals surface area contributed by atoms with Crippen LogP contribution in [0.5, 0.6) is 0 Å². The van der Waals surface area contributed by atoms with Crippen LogP contribution in [0, 0.1) is 34.5 Å². The van der Waals surface area contributed by atoms with Crippen LogP contribution in [0.25, 0.3) is 0 Å². The average Bonchev–Trinajstić information content (AvgIpc) is 2.75. The molecule has 178 valence electrons. The number of nitriles is 1. The van der Waals surface area contributed by atoms with Crippen LogP contribution in [-0.2, 0) is 4.79 Å². The number of rotatable bonds is 5. The normalized spacial score (nSPS) is 35.2. The molecule has 0 aromatic rings. The molecule has 5 rings (SSSR count). The number of carbonyl (C=O) groups is 1. The van der Waals surface area contributed by atoms with E-state index in [0.717, 1.165) is 30.6 Å². The van der Waals surface area contributed by atoms with Crippen LogP contribution in [-0.4, -0.2) is 18.0 Å². The van der Waals surface area contributed by atoms with Gasteiger partial charge in [-0.15, -0.1) is 0 Å². The molecule has 5 fully saturated rings. The third-order valence-corrected chi connectivity index (χ3v) is 9.29. The summed E-state index contributed by atoms with van der Waals surface area (Å²) >= 11 is 0. The number of hydrogen-bond acceptors (Lipinski definition) is 3. The van der Waals surface area contributed by atoms with Crippen LogP contribution >= 0.6 is 0 Å². The number of nitrogens with one attached hydrogen (secondary N) is 2. The van der Waals surface area contributed by atoms with Crippen LogP contribution in [0.15, 0.2) is 11.8 Å². The number of carbonyl (C=O) groups excluding carboxylic acids is 1. The summed E-state index contributed by atoms with van der Waals surface area (Å²) in [5.74, 6) is 2.55. The van der Waals surface area contributed by atoms with Crippen molar-refractivity contribution in [2.45, 2.75) is 128 Å². The lowest BCUT2D eigenvalue weighted by Gasteiger charge is -2.59. The van der Waals surface area contributed by atoms with Crippen molar-refractivity contribution in [1.82, 2.24) is 10.6 Å². The summed E-state index contributed by atoms with van der Waals surface area (Å²) < 4.78 is 0. The molecule has 1 amide bonds. The Morgan fingerprint density at radius 1 is 0.875 bits per heavy atom. The van der Waals surface area contributed by atoms with Gasteiger partial charge < -0.3 is 10.6 Å². The highest BCUT2D eigenvalue weighted by Gasteiger charge is 2.53. The zero-order valence-electron chi connectivity index (χ0n) is 20.3. The van der Waals surface area contributed by atoms with Gasteiger partial charge in [0.15, 0.2) is 0 Å². The number of amides is 1. The minimum atomic E-state index is -0.185. The van der Waals surface area contributed by atoms with Crippen molar-refractivity contribution in [2.24, 2.45) is 23.2 Å². The Labute approximate surface area is 196 Å². The third kappa shape index (κ3) is 5.89. The number of hydrogen-bond donors (Lipinski definition) is 2. The Bertz CT molecular complexity index is 659. The van der Waals surface area contributed by atoms with Crippen molar-refractivity contribution in [3.63, 3.8) is 0 Å². The van der Waals surface area contributed by atoms with Gasteiger partial charge in [0, 0.05) is 18.3 Å². The maximum Gasteiger partial charge on any atom is 0.263 e. The standard InChI is InChI=1S/C28H45N3O/c1-21(28-16-22-13-23(17-28)15-24(14-22)18-28)30-20-25(19-29)27(32)31-26-11-9-7-5-3-2-4-6-8-10-12-26/h20-24,26,30H,2-18H2,1H3,(H,31,32)/b25-20-. The minimum Gasteiger partial charge on any atom is -0.387 e. The first-order valence-electron chi connectivity index (χ1n) is 13.7. The monoisotopic (exact) mass is 439 g/mol. The molecule has 4 nitrogen and oxygen atoms in total. The Balaban J connectivity index is 1.31. The maximum absolute atomic E-state index is 12.9. The maximum atomic E-state index is 12.9. The summed E-state index contributed by atoms with van der Waals surface area (Å²) in [7, 11) is 0. The lowest BCUT2D eigenvalue weighted by molar-refractivity contribution is -0.118. The second-order valence-corrected chi connectivity index (χ2v) is 11.8.